The Labute approximate surface area is 112 Å². The highest BCUT2D eigenvalue weighted by Crippen LogP contribution is 2.17. The van der Waals surface area contributed by atoms with Crippen molar-refractivity contribution >= 4 is 17.2 Å². The lowest BCUT2D eigenvalue weighted by molar-refractivity contribution is -0.122. The molecule has 1 aromatic heterocycles. The molecule has 1 amide bonds. The van der Waals surface area contributed by atoms with Crippen LogP contribution in [-0.2, 0) is 16.1 Å². The van der Waals surface area contributed by atoms with Crippen molar-refractivity contribution in [2.24, 2.45) is 0 Å². The zero-order valence-corrected chi connectivity index (χ0v) is 11.6. The van der Waals surface area contributed by atoms with Gasteiger partial charge in [0.05, 0.1) is 13.2 Å². The monoisotopic (exact) mass is 268 g/mol. The normalized spacial score (nSPS) is 19.5. The van der Waals surface area contributed by atoms with Gasteiger partial charge in [-0.2, -0.15) is 0 Å². The lowest BCUT2D eigenvalue weighted by atomic mass is 10.3. The van der Waals surface area contributed by atoms with Crippen LogP contribution in [0.15, 0.2) is 12.1 Å². The Morgan fingerprint density at radius 3 is 3.06 bits per heavy atom. The summed E-state index contributed by atoms with van der Waals surface area (Å²) in [6, 6.07) is 4.31. The minimum atomic E-state index is 0.118. The third-order valence-corrected chi connectivity index (χ3v) is 3.94. The number of hydrogen-bond acceptors (Lipinski definition) is 4. The Kier molecular flexibility index (Phi) is 5.16. The number of aryl methyl sites for hydroxylation is 1. The van der Waals surface area contributed by atoms with Crippen LogP contribution >= 0.6 is 11.3 Å². The highest BCUT2D eigenvalue weighted by molar-refractivity contribution is 7.11. The number of carbonyl (C=O) groups excluding carboxylic acids is 1. The zero-order chi connectivity index (χ0) is 12.8. The molecule has 0 bridgehead atoms. The number of ether oxygens (including phenoxy) is 1. The molecule has 1 saturated heterocycles. The van der Waals surface area contributed by atoms with Gasteiger partial charge in [-0.1, -0.05) is 0 Å². The lowest BCUT2D eigenvalue weighted by Gasteiger charge is -2.22. The van der Waals surface area contributed by atoms with Gasteiger partial charge in [-0.15, -0.1) is 11.3 Å². The smallest absolute Gasteiger partial charge is 0.221 e. The van der Waals surface area contributed by atoms with Crippen LogP contribution in [-0.4, -0.2) is 43.7 Å². The summed E-state index contributed by atoms with van der Waals surface area (Å²) in [6.45, 7) is 6.69. The summed E-state index contributed by atoms with van der Waals surface area (Å²) in [4.78, 5) is 16.5. The summed E-state index contributed by atoms with van der Waals surface area (Å²) in [5, 5.41) is 2.85. The number of amides is 1. The molecule has 0 unspecified atom stereocenters. The largest absolute Gasteiger partial charge is 0.378 e. The second-order valence-electron chi connectivity index (χ2n) is 4.50. The van der Waals surface area contributed by atoms with E-state index in [4.69, 9.17) is 4.74 Å². The van der Waals surface area contributed by atoms with Crippen LogP contribution in [0.5, 0.6) is 0 Å². The van der Waals surface area contributed by atoms with Crippen LogP contribution in [0.1, 0.15) is 16.2 Å². The van der Waals surface area contributed by atoms with E-state index < -0.39 is 0 Å². The Morgan fingerprint density at radius 1 is 1.39 bits per heavy atom. The van der Waals surface area contributed by atoms with E-state index in [-0.39, 0.29) is 5.91 Å². The van der Waals surface area contributed by atoms with E-state index in [1.165, 1.54) is 9.75 Å². The third-order valence-electron chi connectivity index (χ3n) is 2.95. The zero-order valence-electron chi connectivity index (χ0n) is 10.8. The van der Waals surface area contributed by atoms with Crippen LogP contribution in [0.3, 0.4) is 0 Å². The molecule has 0 spiro atoms. The van der Waals surface area contributed by atoms with Crippen molar-refractivity contribution in [1.82, 2.24) is 10.2 Å². The molecule has 100 valence electrons. The first kappa shape index (κ1) is 13.5. The first-order valence-electron chi connectivity index (χ1n) is 6.36. The van der Waals surface area contributed by atoms with Gasteiger partial charge in [0.25, 0.3) is 0 Å². The van der Waals surface area contributed by atoms with Gasteiger partial charge in [0.2, 0.25) is 5.91 Å². The van der Waals surface area contributed by atoms with Crippen molar-refractivity contribution in [3.8, 4) is 0 Å². The van der Waals surface area contributed by atoms with Gasteiger partial charge in [0, 0.05) is 42.4 Å². The fourth-order valence-electron chi connectivity index (χ4n) is 1.97. The maximum absolute atomic E-state index is 11.5. The van der Waals surface area contributed by atoms with Crippen LogP contribution in [0.2, 0.25) is 0 Å². The average molecular weight is 268 g/mol. The minimum Gasteiger partial charge on any atom is -0.378 e. The SMILES string of the molecule is Cc1ccc(CN2CCOCCNC(=O)CC2)s1. The van der Waals surface area contributed by atoms with E-state index in [9.17, 15) is 4.79 Å². The summed E-state index contributed by atoms with van der Waals surface area (Å²) >= 11 is 1.82. The van der Waals surface area contributed by atoms with Gasteiger partial charge in [0.15, 0.2) is 0 Å². The van der Waals surface area contributed by atoms with E-state index in [2.05, 4.69) is 29.3 Å². The molecule has 2 heterocycles. The molecule has 0 saturated carbocycles. The molecule has 1 aliphatic heterocycles. The highest BCUT2D eigenvalue weighted by atomic mass is 32.1. The molecule has 0 radical (unpaired) electrons. The molecule has 0 aliphatic carbocycles. The molecular formula is C13H20N2O2S. The van der Waals surface area contributed by atoms with Crippen LogP contribution in [0, 0.1) is 6.92 Å². The van der Waals surface area contributed by atoms with Crippen LogP contribution in [0.25, 0.3) is 0 Å². The molecule has 1 fully saturated rings. The minimum absolute atomic E-state index is 0.118. The van der Waals surface area contributed by atoms with Gasteiger partial charge in [-0.25, -0.2) is 0 Å². The topological polar surface area (TPSA) is 41.6 Å². The average Bonchev–Trinajstić information content (AvgIpc) is 2.75. The Morgan fingerprint density at radius 2 is 2.28 bits per heavy atom. The summed E-state index contributed by atoms with van der Waals surface area (Å²) in [7, 11) is 0. The molecule has 5 heteroatoms. The predicted molar refractivity (Wildman–Crippen MR) is 72.8 cm³/mol. The second kappa shape index (κ2) is 6.87. The quantitative estimate of drug-likeness (QED) is 0.881. The maximum atomic E-state index is 11.5. The molecular weight excluding hydrogens is 248 g/mol. The second-order valence-corrected chi connectivity index (χ2v) is 5.87. The van der Waals surface area contributed by atoms with E-state index in [0.717, 1.165) is 26.2 Å². The Hall–Kier alpha value is -0.910. The summed E-state index contributed by atoms with van der Waals surface area (Å²) < 4.78 is 5.48. The predicted octanol–water partition coefficient (Wildman–Crippen LogP) is 1.40. The number of rotatable bonds is 2. The molecule has 18 heavy (non-hydrogen) atoms. The molecule has 4 nitrogen and oxygen atoms in total. The van der Waals surface area contributed by atoms with Gasteiger partial charge >= 0.3 is 0 Å². The molecule has 2 rings (SSSR count). The van der Waals surface area contributed by atoms with Crippen molar-refractivity contribution in [3.05, 3.63) is 21.9 Å². The van der Waals surface area contributed by atoms with E-state index in [1.807, 2.05) is 11.3 Å². The van der Waals surface area contributed by atoms with Crippen LogP contribution < -0.4 is 5.32 Å². The number of nitrogens with one attached hydrogen (secondary N) is 1. The number of nitrogens with zero attached hydrogens (tertiary/aromatic N) is 1. The summed E-state index contributed by atoms with van der Waals surface area (Å²) in [5.41, 5.74) is 0. The fourth-order valence-corrected chi connectivity index (χ4v) is 2.90. The Bertz CT molecular complexity index is 392. The van der Waals surface area contributed by atoms with Crippen molar-refractivity contribution in [1.29, 1.82) is 0 Å². The lowest BCUT2D eigenvalue weighted by Crippen LogP contribution is -2.36. The standard InChI is InChI=1S/C13H20N2O2S/c1-11-2-3-12(18-11)10-15-6-4-13(16)14-5-8-17-9-7-15/h2-3H,4-10H2,1H3,(H,14,16). The molecule has 1 aliphatic rings. The highest BCUT2D eigenvalue weighted by Gasteiger charge is 2.11. The van der Waals surface area contributed by atoms with E-state index in [1.54, 1.807) is 0 Å². The summed E-state index contributed by atoms with van der Waals surface area (Å²) in [5.74, 6) is 0.118. The molecule has 0 aromatic carbocycles. The number of hydrogen-bond donors (Lipinski definition) is 1. The van der Waals surface area contributed by atoms with Gasteiger partial charge in [0.1, 0.15) is 0 Å². The van der Waals surface area contributed by atoms with Crippen molar-refractivity contribution in [2.45, 2.75) is 19.9 Å². The van der Waals surface area contributed by atoms with Crippen molar-refractivity contribution in [3.63, 3.8) is 0 Å². The summed E-state index contributed by atoms with van der Waals surface area (Å²) in [6.07, 6.45) is 0.574. The van der Waals surface area contributed by atoms with Gasteiger partial charge < -0.3 is 10.1 Å². The number of carbonyl (C=O) groups is 1. The maximum Gasteiger partial charge on any atom is 0.221 e. The van der Waals surface area contributed by atoms with Gasteiger partial charge in [-0.3, -0.25) is 9.69 Å². The van der Waals surface area contributed by atoms with Gasteiger partial charge in [-0.05, 0) is 19.1 Å². The van der Waals surface area contributed by atoms with Crippen molar-refractivity contribution < 1.29 is 9.53 Å². The Balaban J connectivity index is 1.89. The first-order chi connectivity index (χ1) is 8.74. The number of thiophene rings is 1. The molecule has 1 aromatic rings. The molecule has 0 atom stereocenters. The van der Waals surface area contributed by atoms with Crippen LogP contribution in [0.4, 0.5) is 0 Å². The third kappa shape index (κ3) is 4.40. The first-order valence-corrected chi connectivity index (χ1v) is 7.18. The van der Waals surface area contributed by atoms with Crippen molar-refractivity contribution in [2.75, 3.05) is 32.8 Å². The van der Waals surface area contributed by atoms with E-state index in [0.29, 0.717) is 19.6 Å². The molecule has 1 N–H and O–H groups in total. The van der Waals surface area contributed by atoms with E-state index >= 15 is 0 Å². The fraction of sp³-hybridized carbons (Fsp3) is 0.615.